The number of nitriles is 1. The molecule has 0 unspecified atom stereocenters. The molecular weight excluding hydrogens is 132 g/mol. The molecule has 0 saturated carbocycles. The quantitative estimate of drug-likeness (QED) is 0.245. The second-order valence-electron chi connectivity index (χ2n) is 1.41. The Morgan fingerprint density at radius 2 is 2.50 bits per heavy atom. The second kappa shape index (κ2) is 5.69. The third-order valence-electron chi connectivity index (χ3n) is 0.674. The van der Waals surface area contributed by atoms with Crippen LogP contribution in [0.5, 0.6) is 0 Å². The Hall–Kier alpha value is -1.44. The minimum absolute atomic E-state index is 0.0486. The van der Waals surface area contributed by atoms with Gasteiger partial charge in [0.2, 0.25) is 6.41 Å². The first-order chi connectivity index (χ1) is 4.85. The van der Waals surface area contributed by atoms with Crippen molar-refractivity contribution in [2.75, 3.05) is 13.1 Å². The van der Waals surface area contributed by atoms with Crippen molar-refractivity contribution >= 4 is 6.41 Å². The van der Waals surface area contributed by atoms with Gasteiger partial charge in [-0.15, -0.1) is 0 Å². The van der Waals surface area contributed by atoms with Crippen LogP contribution in [-0.2, 0) is 4.79 Å². The predicted molar refractivity (Wildman–Crippen MR) is 33.8 cm³/mol. The van der Waals surface area contributed by atoms with E-state index in [-0.39, 0.29) is 6.54 Å². The molecule has 0 radical (unpaired) electrons. The van der Waals surface area contributed by atoms with Gasteiger partial charge in [-0.2, -0.15) is 10.4 Å². The van der Waals surface area contributed by atoms with Crippen LogP contribution in [0.15, 0.2) is 10.3 Å². The Balaban J connectivity index is 3.73. The van der Waals surface area contributed by atoms with Gasteiger partial charge in [0.05, 0.1) is 12.6 Å². The monoisotopic (exact) mass is 140 g/mol. The standard InChI is InChI=1S/C5H8N4O/c1-2-7-8-9(5-10)4-3-6/h5H,2,4H2,1H3. The molecule has 0 aliphatic rings. The van der Waals surface area contributed by atoms with Gasteiger partial charge in [-0.3, -0.25) is 4.79 Å². The number of hydrogen-bond acceptors (Lipinski definition) is 4. The van der Waals surface area contributed by atoms with Crippen LogP contribution in [0.4, 0.5) is 0 Å². The van der Waals surface area contributed by atoms with Crippen LogP contribution in [-0.4, -0.2) is 24.5 Å². The first kappa shape index (κ1) is 8.56. The van der Waals surface area contributed by atoms with E-state index in [4.69, 9.17) is 5.26 Å². The first-order valence-corrected chi connectivity index (χ1v) is 2.81. The molecule has 5 heteroatoms. The number of nitrogens with zero attached hydrogens (tertiary/aromatic N) is 4. The topological polar surface area (TPSA) is 68.8 Å². The second-order valence-corrected chi connectivity index (χ2v) is 1.41. The molecule has 0 aliphatic heterocycles. The fraction of sp³-hybridized carbons (Fsp3) is 0.600. The smallest absolute Gasteiger partial charge is 0.232 e. The van der Waals surface area contributed by atoms with Gasteiger partial charge in [0, 0.05) is 0 Å². The Kier molecular flexibility index (Phi) is 4.87. The average Bonchev–Trinajstić information content (AvgIpc) is 1.98. The lowest BCUT2D eigenvalue weighted by Crippen LogP contribution is -2.14. The lowest BCUT2D eigenvalue weighted by Gasteiger charge is -2.00. The van der Waals surface area contributed by atoms with Crippen molar-refractivity contribution in [3.8, 4) is 6.07 Å². The maximum atomic E-state index is 10.0. The largest absolute Gasteiger partial charge is 0.277 e. The van der Waals surface area contributed by atoms with Crippen LogP contribution in [0, 0.1) is 11.3 Å². The van der Waals surface area contributed by atoms with Gasteiger partial charge in [0.1, 0.15) is 6.54 Å². The van der Waals surface area contributed by atoms with Crippen molar-refractivity contribution in [3.63, 3.8) is 0 Å². The normalized spacial score (nSPS) is 9.20. The Bertz CT molecular complexity index is 160. The third-order valence-corrected chi connectivity index (χ3v) is 0.674. The highest BCUT2D eigenvalue weighted by atomic mass is 16.1. The molecule has 0 fully saturated rings. The summed E-state index contributed by atoms with van der Waals surface area (Å²) in [6.45, 7) is 2.25. The molecule has 0 rings (SSSR count). The van der Waals surface area contributed by atoms with Crippen molar-refractivity contribution in [3.05, 3.63) is 0 Å². The number of rotatable bonds is 4. The van der Waals surface area contributed by atoms with E-state index in [0.29, 0.717) is 13.0 Å². The van der Waals surface area contributed by atoms with E-state index in [1.54, 1.807) is 13.0 Å². The highest BCUT2D eigenvalue weighted by molar-refractivity contribution is 5.46. The van der Waals surface area contributed by atoms with E-state index in [2.05, 4.69) is 10.3 Å². The van der Waals surface area contributed by atoms with Crippen LogP contribution < -0.4 is 0 Å². The van der Waals surface area contributed by atoms with Gasteiger partial charge in [0.15, 0.2) is 0 Å². The van der Waals surface area contributed by atoms with E-state index in [0.717, 1.165) is 5.01 Å². The van der Waals surface area contributed by atoms with E-state index < -0.39 is 0 Å². The van der Waals surface area contributed by atoms with Crippen LogP contribution >= 0.6 is 0 Å². The molecule has 0 aromatic rings. The molecule has 0 saturated heterocycles. The Morgan fingerprint density at radius 3 is 2.90 bits per heavy atom. The maximum absolute atomic E-state index is 10.0. The maximum Gasteiger partial charge on any atom is 0.232 e. The molecule has 54 valence electrons. The number of amides is 1. The summed E-state index contributed by atoms with van der Waals surface area (Å²) < 4.78 is 0. The van der Waals surface area contributed by atoms with Gasteiger partial charge < -0.3 is 0 Å². The molecular formula is C5H8N4O. The molecule has 0 N–H and O–H groups in total. The fourth-order valence-corrected chi connectivity index (χ4v) is 0.307. The summed E-state index contributed by atoms with van der Waals surface area (Å²) in [6, 6.07) is 1.77. The third kappa shape index (κ3) is 3.55. The van der Waals surface area contributed by atoms with Gasteiger partial charge in [-0.25, -0.2) is 5.01 Å². The lowest BCUT2D eigenvalue weighted by molar-refractivity contribution is -0.118. The zero-order valence-electron chi connectivity index (χ0n) is 5.69. The minimum atomic E-state index is -0.0486. The number of carbonyl (C=O) groups is 1. The van der Waals surface area contributed by atoms with Crippen molar-refractivity contribution < 1.29 is 4.79 Å². The van der Waals surface area contributed by atoms with Crippen molar-refractivity contribution in [2.24, 2.45) is 10.3 Å². The fourth-order valence-electron chi connectivity index (χ4n) is 0.307. The summed E-state index contributed by atoms with van der Waals surface area (Å²) in [5.41, 5.74) is 0. The molecule has 0 spiro atoms. The zero-order valence-corrected chi connectivity index (χ0v) is 5.69. The van der Waals surface area contributed by atoms with Crippen LogP contribution in [0.2, 0.25) is 0 Å². The molecule has 0 aliphatic carbocycles. The molecule has 0 heterocycles. The van der Waals surface area contributed by atoms with Crippen LogP contribution in [0.25, 0.3) is 0 Å². The summed E-state index contributed by atoms with van der Waals surface area (Å²) in [5, 5.41) is 16.0. The Labute approximate surface area is 58.9 Å². The predicted octanol–water partition coefficient (Wildman–Crippen LogP) is 0.355. The summed E-state index contributed by atoms with van der Waals surface area (Å²) in [5.74, 6) is 0. The zero-order chi connectivity index (χ0) is 7.82. The molecule has 10 heavy (non-hydrogen) atoms. The molecule has 0 aromatic carbocycles. The first-order valence-electron chi connectivity index (χ1n) is 2.81. The minimum Gasteiger partial charge on any atom is -0.277 e. The van der Waals surface area contributed by atoms with Crippen LogP contribution in [0.3, 0.4) is 0 Å². The highest BCUT2D eigenvalue weighted by Crippen LogP contribution is 1.83. The Morgan fingerprint density at radius 1 is 1.80 bits per heavy atom. The van der Waals surface area contributed by atoms with Crippen LogP contribution in [0.1, 0.15) is 6.92 Å². The summed E-state index contributed by atoms with van der Waals surface area (Å²) >= 11 is 0. The summed E-state index contributed by atoms with van der Waals surface area (Å²) in [6.07, 6.45) is 0.461. The number of carbonyl (C=O) groups excluding carboxylic acids is 1. The van der Waals surface area contributed by atoms with E-state index in [1.165, 1.54) is 0 Å². The molecule has 5 nitrogen and oxygen atoms in total. The molecule has 0 bridgehead atoms. The summed E-state index contributed by atoms with van der Waals surface area (Å²) in [4.78, 5) is 10.0. The van der Waals surface area contributed by atoms with Crippen molar-refractivity contribution in [2.45, 2.75) is 6.92 Å². The average molecular weight is 140 g/mol. The number of hydrogen-bond donors (Lipinski definition) is 0. The van der Waals surface area contributed by atoms with E-state index in [1.807, 2.05) is 0 Å². The van der Waals surface area contributed by atoms with Gasteiger partial charge >= 0.3 is 0 Å². The van der Waals surface area contributed by atoms with Gasteiger partial charge in [-0.1, -0.05) is 5.22 Å². The molecule has 1 amide bonds. The SMILES string of the molecule is CCN=NN(C=O)CC#N. The van der Waals surface area contributed by atoms with E-state index >= 15 is 0 Å². The lowest BCUT2D eigenvalue weighted by atomic mass is 10.7. The van der Waals surface area contributed by atoms with E-state index in [9.17, 15) is 4.79 Å². The highest BCUT2D eigenvalue weighted by Gasteiger charge is 1.93. The van der Waals surface area contributed by atoms with Gasteiger partial charge in [-0.05, 0) is 6.92 Å². The van der Waals surface area contributed by atoms with Crippen molar-refractivity contribution in [1.82, 2.24) is 5.01 Å². The summed E-state index contributed by atoms with van der Waals surface area (Å²) in [7, 11) is 0. The molecule has 0 aromatic heterocycles. The van der Waals surface area contributed by atoms with Gasteiger partial charge in [0.25, 0.3) is 0 Å². The van der Waals surface area contributed by atoms with Crippen molar-refractivity contribution in [1.29, 1.82) is 5.26 Å². The molecule has 0 atom stereocenters.